The van der Waals surface area contributed by atoms with Crippen LogP contribution in [-0.4, -0.2) is 53.6 Å². The van der Waals surface area contributed by atoms with E-state index in [1.807, 2.05) is 36.4 Å². The van der Waals surface area contributed by atoms with E-state index in [1.165, 1.54) is 11.2 Å². The van der Waals surface area contributed by atoms with Crippen LogP contribution in [0, 0.1) is 0 Å². The number of ether oxygens (including phenoxy) is 2. The summed E-state index contributed by atoms with van der Waals surface area (Å²) >= 11 is 5.59. The van der Waals surface area contributed by atoms with Crippen LogP contribution in [0.25, 0.3) is 0 Å². The van der Waals surface area contributed by atoms with E-state index in [9.17, 15) is 5.11 Å². The molecule has 7 nitrogen and oxygen atoms in total. The molecule has 6 N–H and O–H groups in total. The molecule has 0 radical (unpaired) electrons. The van der Waals surface area contributed by atoms with Crippen LogP contribution in [0.4, 0.5) is 0 Å². The first-order valence-electron chi connectivity index (χ1n) is 10.6. The lowest BCUT2D eigenvalue weighted by Gasteiger charge is -2.26. The van der Waals surface area contributed by atoms with Crippen LogP contribution in [0.5, 0.6) is 11.5 Å². The van der Waals surface area contributed by atoms with E-state index < -0.39 is 6.10 Å². The molecular weight excluding hydrogens is 430 g/mol. The molecule has 0 unspecified atom stereocenters. The number of alkyl halides is 1. The number of hydrazine groups is 1. The molecule has 0 fully saturated rings. The van der Waals surface area contributed by atoms with E-state index in [2.05, 4.69) is 26.0 Å². The normalized spacial score (nSPS) is 13.0. The molecule has 0 aliphatic carbocycles. The van der Waals surface area contributed by atoms with Gasteiger partial charge < -0.3 is 30.4 Å². The van der Waals surface area contributed by atoms with Crippen LogP contribution in [0.2, 0.25) is 0 Å². The first kappa shape index (κ1) is 25.8. The lowest BCUT2D eigenvalue weighted by molar-refractivity contribution is 0.125. The molecule has 1 atom stereocenters. The van der Waals surface area contributed by atoms with Gasteiger partial charge in [0.25, 0.3) is 0 Å². The summed E-state index contributed by atoms with van der Waals surface area (Å²) in [6.07, 6.45) is 1.55. The Bertz CT molecular complexity index is 841. The monoisotopic (exact) mass is 463 g/mol. The second-order valence-corrected chi connectivity index (χ2v) is 8.40. The van der Waals surface area contributed by atoms with Crippen molar-refractivity contribution in [3.8, 4) is 11.5 Å². The van der Waals surface area contributed by atoms with Crippen molar-refractivity contribution in [2.75, 3.05) is 32.2 Å². The quantitative estimate of drug-likeness (QED) is 0.156. The third kappa shape index (κ3) is 7.91. The van der Waals surface area contributed by atoms with Crippen molar-refractivity contribution in [2.45, 2.75) is 31.8 Å². The molecule has 2 rings (SSSR count). The number of rotatable bonds is 13. The smallest absolute Gasteiger partial charge is 0.119 e. The van der Waals surface area contributed by atoms with Gasteiger partial charge >= 0.3 is 0 Å². The van der Waals surface area contributed by atoms with Gasteiger partial charge in [0.15, 0.2) is 0 Å². The third-order valence-electron chi connectivity index (χ3n) is 5.12. The minimum atomic E-state index is -0.676. The van der Waals surface area contributed by atoms with Gasteiger partial charge in [-0.1, -0.05) is 38.1 Å². The molecule has 0 heterocycles. The summed E-state index contributed by atoms with van der Waals surface area (Å²) in [7, 11) is 0. The van der Waals surface area contributed by atoms with Crippen LogP contribution in [0.3, 0.4) is 0 Å². The fraction of sp³-hybridized carbons (Fsp3) is 0.417. The number of nitrogens with zero attached hydrogens (tertiary/aromatic N) is 1. The van der Waals surface area contributed by atoms with Crippen molar-refractivity contribution in [1.29, 1.82) is 0 Å². The predicted molar refractivity (Wildman–Crippen MR) is 128 cm³/mol. The highest BCUT2D eigenvalue weighted by molar-refractivity contribution is 6.18. The summed E-state index contributed by atoms with van der Waals surface area (Å²) in [6, 6.07) is 15.9. The minimum absolute atomic E-state index is 0.146. The molecule has 0 amide bonds. The zero-order valence-electron chi connectivity index (χ0n) is 18.7. The van der Waals surface area contributed by atoms with Gasteiger partial charge in [0, 0.05) is 24.6 Å². The topological polar surface area (TPSA) is 114 Å². The average Bonchev–Trinajstić information content (AvgIpc) is 2.80. The van der Waals surface area contributed by atoms with Crippen LogP contribution < -0.4 is 21.1 Å². The van der Waals surface area contributed by atoms with Gasteiger partial charge in [-0.25, -0.2) is 5.84 Å². The Kier molecular flexibility index (Phi) is 10.1. The molecule has 0 aromatic heterocycles. The van der Waals surface area contributed by atoms with Gasteiger partial charge in [-0.2, -0.15) is 0 Å². The number of aliphatic hydroxyl groups is 2. The highest BCUT2D eigenvalue weighted by Crippen LogP contribution is 2.33. The van der Waals surface area contributed by atoms with Gasteiger partial charge in [0.05, 0.1) is 24.8 Å². The van der Waals surface area contributed by atoms with Crippen molar-refractivity contribution < 1.29 is 19.7 Å². The van der Waals surface area contributed by atoms with E-state index in [0.717, 1.165) is 23.3 Å². The van der Waals surface area contributed by atoms with Crippen LogP contribution >= 0.6 is 11.6 Å². The van der Waals surface area contributed by atoms with Gasteiger partial charge in [-0.05, 0) is 35.4 Å². The summed E-state index contributed by atoms with van der Waals surface area (Å²) in [5.74, 6) is 7.42. The number of halogens is 1. The largest absolute Gasteiger partial charge is 0.494 e. The molecule has 0 saturated carbocycles. The van der Waals surface area contributed by atoms with Gasteiger partial charge in [-0.15, -0.1) is 11.6 Å². The number of aliphatic hydroxyl groups excluding tert-OH is 2. The maximum atomic E-state index is 9.52. The SMILES string of the molecule is CC(C)(c1ccc(OCCCN(N)/C=C(\N)CO)cc1)c1ccc(OC[C@@H](O)CCl)cc1. The van der Waals surface area contributed by atoms with E-state index in [-0.39, 0.29) is 24.5 Å². The number of benzene rings is 2. The summed E-state index contributed by atoms with van der Waals surface area (Å²) in [5.41, 5.74) is 7.96. The molecule has 0 spiro atoms. The predicted octanol–water partition coefficient (Wildman–Crippen LogP) is 2.73. The fourth-order valence-corrected chi connectivity index (χ4v) is 3.18. The molecule has 0 aliphatic heterocycles. The molecular formula is C24H34ClN3O4. The Morgan fingerprint density at radius 2 is 1.59 bits per heavy atom. The Morgan fingerprint density at radius 3 is 2.09 bits per heavy atom. The molecule has 0 aliphatic rings. The maximum absolute atomic E-state index is 9.52. The number of nitrogens with two attached hydrogens (primary N) is 2. The van der Waals surface area contributed by atoms with E-state index in [4.69, 9.17) is 37.8 Å². The van der Waals surface area contributed by atoms with Crippen LogP contribution in [-0.2, 0) is 5.41 Å². The summed E-state index contributed by atoms with van der Waals surface area (Å²) in [6.45, 7) is 5.36. The molecule has 0 saturated heterocycles. The summed E-state index contributed by atoms with van der Waals surface area (Å²) in [5, 5.41) is 19.9. The van der Waals surface area contributed by atoms with E-state index in [1.54, 1.807) is 0 Å². The summed E-state index contributed by atoms with van der Waals surface area (Å²) in [4.78, 5) is 0. The molecule has 8 heteroatoms. The lowest BCUT2D eigenvalue weighted by Crippen LogP contribution is -2.29. The number of hydrogen-bond acceptors (Lipinski definition) is 7. The van der Waals surface area contributed by atoms with E-state index >= 15 is 0 Å². The molecule has 2 aromatic rings. The highest BCUT2D eigenvalue weighted by Gasteiger charge is 2.23. The first-order valence-corrected chi connectivity index (χ1v) is 11.1. The molecule has 32 heavy (non-hydrogen) atoms. The first-order chi connectivity index (χ1) is 15.3. The van der Waals surface area contributed by atoms with Crippen LogP contribution in [0.1, 0.15) is 31.4 Å². The van der Waals surface area contributed by atoms with Gasteiger partial charge in [-0.3, -0.25) is 0 Å². The maximum Gasteiger partial charge on any atom is 0.119 e. The minimum Gasteiger partial charge on any atom is -0.494 e. The average molecular weight is 464 g/mol. The Balaban J connectivity index is 1.89. The highest BCUT2D eigenvalue weighted by atomic mass is 35.5. The van der Waals surface area contributed by atoms with Crippen molar-refractivity contribution in [2.24, 2.45) is 11.6 Å². The second-order valence-electron chi connectivity index (χ2n) is 8.09. The Hall–Kier alpha value is -2.45. The Morgan fingerprint density at radius 1 is 1.06 bits per heavy atom. The zero-order valence-corrected chi connectivity index (χ0v) is 19.5. The van der Waals surface area contributed by atoms with Crippen molar-refractivity contribution in [3.63, 3.8) is 0 Å². The van der Waals surface area contributed by atoms with Crippen LogP contribution in [0.15, 0.2) is 60.4 Å². The molecule has 2 aromatic carbocycles. The van der Waals surface area contributed by atoms with Gasteiger partial charge in [0.1, 0.15) is 24.2 Å². The number of hydrogen-bond donors (Lipinski definition) is 4. The molecule has 176 valence electrons. The van der Waals surface area contributed by atoms with Gasteiger partial charge in [0.2, 0.25) is 0 Å². The van der Waals surface area contributed by atoms with Crippen molar-refractivity contribution in [3.05, 3.63) is 71.6 Å². The third-order valence-corrected chi connectivity index (χ3v) is 5.47. The summed E-state index contributed by atoms with van der Waals surface area (Å²) < 4.78 is 11.4. The zero-order chi connectivity index (χ0) is 23.6. The van der Waals surface area contributed by atoms with Crippen molar-refractivity contribution in [1.82, 2.24) is 5.01 Å². The fourth-order valence-electron chi connectivity index (χ4n) is 3.09. The van der Waals surface area contributed by atoms with E-state index in [0.29, 0.717) is 24.6 Å². The lowest BCUT2D eigenvalue weighted by atomic mass is 9.78. The molecule has 0 bridgehead atoms. The second kappa shape index (κ2) is 12.6. The van der Waals surface area contributed by atoms with Crippen molar-refractivity contribution >= 4 is 11.6 Å². The Labute approximate surface area is 195 Å². The standard InChI is InChI=1S/C24H34ClN3O4/c1-24(2,19-6-10-23(11-7-19)32-17-21(30)14-25)18-4-8-22(9-5-18)31-13-3-12-28(27)15-20(26)16-29/h4-11,15,21,29-30H,3,12-14,16-17,26-27H2,1-2H3/b20-15-/t21-/m0/s1.